The van der Waals surface area contributed by atoms with Crippen LogP contribution in [0.4, 0.5) is 0 Å². The Morgan fingerprint density at radius 3 is 2.50 bits per heavy atom. The van der Waals surface area contributed by atoms with Crippen LogP contribution in [0, 0.1) is 0 Å². The van der Waals surface area contributed by atoms with Gasteiger partial charge in [0.25, 0.3) is 10.0 Å². The fraction of sp³-hybridized carbons (Fsp3) is 0.267. The molecule has 0 bridgehead atoms. The highest BCUT2D eigenvalue weighted by Gasteiger charge is 2.17. The van der Waals surface area contributed by atoms with Crippen LogP contribution >= 0.6 is 11.3 Å². The summed E-state index contributed by atoms with van der Waals surface area (Å²) >= 11 is 1.22. The van der Waals surface area contributed by atoms with Gasteiger partial charge in [-0.05, 0) is 24.1 Å². The highest BCUT2D eigenvalue weighted by atomic mass is 32.2. The summed E-state index contributed by atoms with van der Waals surface area (Å²) < 4.78 is 26.7. The molecule has 0 unspecified atom stereocenters. The first-order chi connectivity index (χ1) is 10.5. The second-order valence-corrected chi connectivity index (χ2v) is 7.82. The topological polar surface area (TPSA) is 75.3 Å². The summed E-state index contributed by atoms with van der Waals surface area (Å²) in [4.78, 5) is 12.7. The molecule has 0 aliphatic carbocycles. The van der Waals surface area contributed by atoms with Gasteiger partial charge >= 0.3 is 0 Å². The number of amides is 1. The van der Waals surface area contributed by atoms with Crippen LogP contribution in [0.15, 0.2) is 46.7 Å². The molecule has 0 aliphatic heterocycles. The molecule has 0 saturated heterocycles. The molecule has 1 aromatic heterocycles. The minimum Gasteiger partial charge on any atom is -0.351 e. The van der Waals surface area contributed by atoms with Gasteiger partial charge in [0.2, 0.25) is 5.91 Å². The van der Waals surface area contributed by atoms with Crippen LogP contribution in [-0.4, -0.2) is 20.9 Å². The lowest BCUT2D eigenvalue weighted by atomic mass is 10.2. The monoisotopic (exact) mass is 338 g/mol. The second-order valence-electron chi connectivity index (χ2n) is 4.66. The lowest BCUT2D eigenvalue weighted by Gasteiger charge is -2.06. The molecule has 0 atom stereocenters. The van der Waals surface area contributed by atoms with Crippen molar-refractivity contribution in [1.29, 1.82) is 0 Å². The van der Waals surface area contributed by atoms with E-state index in [-0.39, 0.29) is 16.7 Å². The molecule has 1 amide bonds. The predicted molar refractivity (Wildman–Crippen MR) is 87.2 cm³/mol. The zero-order chi connectivity index (χ0) is 16.0. The molecule has 1 aromatic carbocycles. The van der Waals surface area contributed by atoms with Gasteiger partial charge < -0.3 is 5.32 Å². The van der Waals surface area contributed by atoms with Crippen molar-refractivity contribution in [1.82, 2.24) is 10.0 Å². The standard InChI is InChI=1S/C15H18N2O3S2/c1-2-13-8-9-15(21-13)22(19,20)17-11-14(18)16-10-12-6-4-3-5-7-12/h3-9,17H,2,10-11H2,1H3,(H,16,18). The van der Waals surface area contributed by atoms with E-state index in [4.69, 9.17) is 0 Å². The Kier molecular flexibility index (Phi) is 5.70. The van der Waals surface area contributed by atoms with Crippen LogP contribution in [-0.2, 0) is 27.8 Å². The summed E-state index contributed by atoms with van der Waals surface area (Å²) in [6.45, 7) is 2.07. The van der Waals surface area contributed by atoms with Crippen molar-refractivity contribution in [3.63, 3.8) is 0 Å². The lowest BCUT2D eigenvalue weighted by molar-refractivity contribution is -0.120. The Bertz CT molecular complexity index is 724. The van der Waals surface area contributed by atoms with Gasteiger partial charge in [-0.25, -0.2) is 13.1 Å². The SMILES string of the molecule is CCc1ccc(S(=O)(=O)NCC(=O)NCc2ccccc2)s1. The van der Waals surface area contributed by atoms with Gasteiger partial charge in [-0.15, -0.1) is 11.3 Å². The van der Waals surface area contributed by atoms with E-state index in [0.717, 1.165) is 16.9 Å². The lowest BCUT2D eigenvalue weighted by Crippen LogP contribution is -2.36. The maximum atomic E-state index is 12.1. The number of benzene rings is 1. The van der Waals surface area contributed by atoms with Crippen molar-refractivity contribution in [2.45, 2.75) is 24.1 Å². The largest absolute Gasteiger partial charge is 0.351 e. The average molecular weight is 338 g/mol. The Labute approximate surface area is 134 Å². The molecule has 0 saturated carbocycles. The average Bonchev–Trinajstić information content (AvgIpc) is 3.02. The van der Waals surface area contributed by atoms with Gasteiger partial charge in [0.1, 0.15) is 4.21 Å². The molecule has 2 aromatic rings. The summed E-state index contributed by atoms with van der Waals surface area (Å²) in [7, 11) is -3.62. The number of hydrogen-bond donors (Lipinski definition) is 2. The van der Waals surface area contributed by atoms with Crippen LogP contribution < -0.4 is 10.0 Å². The smallest absolute Gasteiger partial charge is 0.250 e. The molecule has 22 heavy (non-hydrogen) atoms. The molecule has 1 heterocycles. The molecule has 2 rings (SSSR count). The van der Waals surface area contributed by atoms with Crippen LogP contribution in [0.25, 0.3) is 0 Å². The van der Waals surface area contributed by atoms with E-state index in [2.05, 4.69) is 10.0 Å². The fourth-order valence-corrected chi connectivity index (χ4v) is 4.11. The number of rotatable bonds is 7. The van der Waals surface area contributed by atoms with E-state index in [1.165, 1.54) is 11.3 Å². The number of hydrogen-bond acceptors (Lipinski definition) is 4. The molecule has 0 radical (unpaired) electrons. The third-order valence-corrected chi connectivity index (χ3v) is 6.13. The van der Waals surface area contributed by atoms with E-state index in [1.54, 1.807) is 12.1 Å². The number of aryl methyl sites for hydroxylation is 1. The van der Waals surface area contributed by atoms with Crippen LogP contribution in [0.3, 0.4) is 0 Å². The van der Waals surface area contributed by atoms with Crippen molar-refractivity contribution in [2.75, 3.05) is 6.54 Å². The van der Waals surface area contributed by atoms with Gasteiger partial charge in [0.05, 0.1) is 6.54 Å². The second kappa shape index (κ2) is 7.53. The van der Waals surface area contributed by atoms with Crippen molar-refractivity contribution < 1.29 is 13.2 Å². The number of thiophene rings is 1. The van der Waals surface area contributed by atoms with E-state index in [9.17, 15) is 13.2 Å². The first-order valence-electron chi connectivity index (χ1n) is 6.90. The van der Waals surface area contributed by atoms with E-state index < -0.39 is 10.0 Å². The minimum atomic E-state index is -3.62. The van der Waals surface area contributed by atoms with E-state index in [1.807, 2.05) is 37.3 Å². The highest BCUT2D eigenvalue weighted by molar-refractivity contribution is 7.91. The van der Waals surface area contributed by atoms with Crippen LogP contribution in [0.1, 0.15) is 17.4 Å². The van der Waals surface area contributed by atoms with E-state index in [0.29, 0.717) is 6.54 Å². The van der Waals surface area contributed by atoms with Gasteiger partial charge in [-0.1, -0.05) is 37.3 Å². The van der Waals surface area contributed by atoms with Crippen molar-refractivity contribution in [3.05, 3.63) is 52.9 Å². The number of carbonyl (C=O) groups excluding carboxylic acids is 1. The summed E-state index contributed by atoms with van der Waals surface area (Å²) in [5.74, 6) is -0.361. The molecular formula is C15H18N2O3S2. The maximum absolute atomic E-state index is 12.1. The summed E-state index contributed by atoms with van der Waals surface area (Å²) in [6, 6.07) is 12.8. The summed E-state index contributed by atoms with van der Waals surface area (Å²) in [5, 5.41) is 2.68. The first kappa shape index (κ1) is 16.7. The normalized spacial score (nSPS) is 11.3. The maximum Gasteiger partial charge on any atom is 0.250 e. The molecular weight excluding hydrogens is 320 g/mol. The zero-order valence-corrected chi connectivity index (χ0v) is 13.8. The van der Waals surface area contributed by atoms with Crippen molar-refractivity contribution in [2.24, 2.45) is 0 Å². The Morgan fingerprint density at radius 1 is 1.14 bits per heavy atom. The van der Waals surface area contributed by atoms with Gasteiger partial charge in [0.15, 0.2) is 0 Å². The third kappa shape index (κ3) is 4.66. The predicted octanol–water partition coefficient (Wildman–Crippen LogP) is 1.91. The Hall–Kier alpha value is -1.70. The van der Waals surface area contributed by atoms with Crippen molar-refractivity contribution >= 4 is 27.3 Å². The third-order valence-electron chi connectivity index (χ3n) is 3.01. The van der Waals surface area contributed by atoms with Crippen LogP contribution in [0.5, 0.6) is 0 Å². The number of carbonyl (C=O) groups is 1. The molecule has 0 aliphatic rings. The molecule has 7 heteroatoms. The van der Waals surface area contributed by atoms with Gasteiger partial charge in [-0.3, -0.25) is 4.79 Å². The number of nitrogens with one attached hydrogen (secondary N) is 2. The summed E-state index contributed by atoms with van der Waals surface area (Å²) in [5.41, 5.74) is 0.963. The highest BCUT2D eigenvalue weighted by Crippen LogP contribution is 2.21. The van der Waals surface area contributed by atoms with Crippen LogP contribution in [0.2, 0.25) is 0 Å². The Balaban J connectivity index is 1.85. The zero-order valence-electron chi connectivity index (χ0n) is 12.2. The minimum absolute atomic E-state index is 0.236. The molecule has 5 nitrogen and oxygen atoms in total. The number of sulfonamides is 1. The quantitative estimate of drug-likeness (QED) is 0.810. The van der Waals surface area contributed by atoms with E-state index >= 15 is 0 Å². The molecule has 2 N–H and O–H groups in total. The fourth-order valence-electron chi connectivity index (χ4n) is 1.78. The Morgan fingerprint density at radius 2 is 1.86 bits per heavy atom. The molecule has 118 valence electrons. The van der Waals surface area contributed by atoms with Crippen molar-refractivity contribution in [3.8, 4) is 0 Å². The first-order valence-corrected chi connectivity index (χ1v) is 9.20. The molecule has 0 fully saturated rings. The molecule has 0 spiro atoms. The summed E-state index contributed by atoms with van der Waals surface area (Å²) in [6.07, 6.45) is 0.789. The van der Waals surface area contributed by atoms with Gasteiger partial charge in [-0.2, -0.15) is 0 Å². The van der Waals surface area contributed by atoms with Gasteiger partial charge in [0, 0.05) is 11.4 Å².